The van der Waals surface area contributed by atoms with Gasteiger partial charge in [-0.25, -0.2) is 0 Å². The zero-order valence-corrected chi connectivity index (χ0v) is 11.7. The Labute approximate surface area is 105 Å². The molecule has 1 aliphatic rings. The molecule has 0 aromatic heterocycles. The maximum atomic E-state index is 12.1. The van der Waals surface area contributed by atoms with Crippen molar-refractivity contribution in [3.8, 4) is 0 Å². The number of carbonyl (C=O) groups is 1. The normalized spacial score (nSPS) is 23.0. The molecule has 16 heavy (non-hydrogen) atoms. The topological polar surface area (TPSA) is 17.1 Å². The third-order valence-electron chi connectivity index (χ3n) is 3.57. The zero-order chi connectivity index (χ0) is 11.8. The van der Waals surface area contributed by atoms with Crippen molar-refractivity contribution in [2.45, 2.75) is 70.5 Å². The van der Waals surface area contributed by atoms with Crippen LogP contribution in [0.3, 0.4) is 0 Å². The SMILES string of the molecule is CCCCC(CC)CC(=O)C1CCCCS1. The van der Waals surface area contributed by atoms with Gasteiger partial charge in [0.15, 0.2) is 0 Å². The van der Waals surface area contributed by atoms with E-state index in [1.54, 1.807) is 0 Å². The van der Waals surface area contributed by atoms with E-state index in [1.165, 1.54) is 44.3 Å². The maximum Gasteiger partial charge on any atom is 0.146 e. The molecular formula is C14H26OS. The smallest absolute Gasteiger partial charge is 0.146 e. The summed E-state index contributed by atoms with van der Waals surface area (Å²) >= 11 is 1.90. The van der Waals surface area contributed by atoms with E-state index >= 15 is 0 Å². The first-order chi connectivity index (χ1) is 7.77. The van der Waals surface area contributed by atoms with Crippen molar-refractivity contribution in [2.75, 3.05) is 5.75 Å². The van der Waals surface area contributed by atoms with Gasteiger partial charge in [0.1, 0.15) is 5.78 Å². The fraction of sp³-hybridized carbons (Fsp3) is 0.929. The number of hydrogen-bond acceptors (Lipinski definition) is 2. The lowest BCUT2D eigenvalue weighted by atomic mass is 9.92. The van der Waals surface area contributed by atoms with Gasteiger partial charge in [0.2, 0.25) is 0 Å². The summed E-state index contributed by atoms with van der Waals surface area (Å²) in [5.74, 6) is 2.38. The van der Waals surface area contributed by atoms with E-state index in [-0.39, 0.29) is 0 Å². The number of unbranched alkanes of at least 4 members (excludes halogenated alkanes) is 1. The highest BCUT2D eigenvalue weighted by Gasteiger charge is 2.23. The number of hydrogen-bond donors (Lipinski definition) is 0. The van der Waals surface area contributed by atoms with Crippen LogP contribution in [0, 0.1) is 5.92 Å². The molecule has 0 amide bonds. The van der Waals surface area contributed by atoms with Crippen LogP contribution in [0.5, 0.6) is 0 Å². The number of carbonyl (C=O) groups excluding carboxylic acids is 1. The Kier molecular flexibility index (Phi) is 7.18. The molecule has 2 unspecified atom stereocenters. The van der Waals surface area contributed by atoms with Crippen LogP contribution in [0.4, 0.5) is 0 Å². The molecule has 1 rings (SSSR count). The molecule has 0 aliphatic carbocycles. The highest BCUT2D eigenvalue weighted by Crippen LogP contribution is 2.28. The van der Waals surface area contributed by atoms with E-state index in [9.17, 15) is 4.79 Å². The zero-order valence-electron chi connectivity index (χ0n) is 10.8. The van der Waals surface area contributed by atoms with Crippen LogP contribution in [-0.2, 0) is 4.79 Å². The summed E-state index contributed by atoms with van der Waals surface area (Å²) in [7, 11) is 0. The van der Waals surface area contributed by atoms with Crippen LogP contribution in [-0.4, -0.2) is 16.8 Å². The number of rotatable bonds is 7. The first kappa shape index (κ1) is 14.1. The summed E-state index contributed by atoms with van der Waals surface area (Å²) in [4.78, 5) is 12.1. The summed E-state index contributed by atoms with van der Waals surface area (Å²) in [5, 5.41) is 0.337. The third kappa shape index (κ3) is 4.90. The molecule has 1 aliphatic heterocycles. The largest absolute Gasteiger partial charge is 0.298 e. The van der Waals surface area contributed by atoms with Gasteiger partial charge in [0.05, 0.1) is 5.25 Å². The van der Waals surface area contributed by atoms with E-state index < -0.39 is 0 Å². The molecule has 2 heteroatoms. The van der Waals surface area contributed by atoms with Gasteiger partial charge >= 0.3 is 0 Å². The predicted octanol–water partition coefficient (Wildman–Crippen LogP) is 4.45. The lowest BCUT2D eigenvalue weighted by Gasteiger charge is -2.22. The molecule has 0 N–H and O–H groups in total. The van der Waals surface area contributed by atoms with Crippen LogP contribution >= 0.6 is 11.8 Å². The van der Waals surface area contributed by atoms with Gasteiger partial charge in [-0.1, -0.05) is 46.0 Å². The van der Waals surface area contributed by atoms with Crippen molar-refractivity contribution in [3.05, 3.63) is 0 Å². The third-order valence-corrected chi connectivity index (χ3v) is 5.00. The quantitative estimate of drug-likeness (QED) is 0.656. The average Bonchev–Trinajstić information content (AvgIpc) is 2.35. The molecule has 1 fully saturated rings. The monoisotopic (exact) mass is 242 g/mol. The molecule has 0 spiro atoms. The van der Waals surface area contributed by atoms with Crippen LogP contribution in [0.15, 0.2) is 0 Å². The summed E-state index contributed by atoms with van der Waals surface area (Å²) in [5.41, 5.74) is 0. The highest BCUT2D eigenvalue weighted by atomic mass is 32.2. The fourth-order valence-electron chi connectivity index (χ4n) is 2.35. The molecule has 0 saturated carbocycles. The van der Waals surface area contributed by atoms with Crippen LogP contribution in [0.2, 0.25) is 0 Å². The fourth-order valence-corrected chi connectivity index (χ4v) is 3.62. The minimum atomic E-state index is 0.337. The Hall–Kier alpha value is 0.0200. The average molecular weight is 242 g/mol. The van der Waals surface area contributed by atoms with E-state index in [0.29, 0.717) is 17.0 Å². The second kappa shape index (κ2) is 8.16. The lowest BCUT2D eigenvalue weighted by molar-refractivity contribution is -0.119. The molecule has 1 saturated heterocycles. The predicted molar refractivity (Wildman–Crippen MR) is 73.0 cm³/mol. The van der Waals surface area contributed by atoms with E-state index in [0.717, 1.165) is 12.8 Å². The Bertz CT molecular complexity index is 197. The molecule has 0 bridgehead atoms. The van der Waals surface area contributed by atoms with Crippen molar-refractivity contribution in [3.63, 3.8) is 0 Å². The van der Waals surface area contributed by atoms with Crippen LogP contribution < -0.4 is 0 Å². The van der Waals surface area contributed by atoms with E-state index in [1.807, 2.05) is 11.8 Å². The molecule has 2 atom stereocenters. The Morgan fingerprint density at radius 1 is 1.38 bits per heavy atom. The minimum Gasteiger partial charge on any atom is -0.298 e. The number of Topliss-reactive ketones (excluding diaryl/α,β-unsaturated/α-hetero) is 1. The lowest BCUT2D eigenvalue weighted by Crippen LogP contribution is -2.23. The molecule has 0 aromatic carbocycles. The molecule has 0 radical (unpaired) electrons. The Morgan fingerprint density at radius 3 is 2.75 bits per heavy atom. The summed E-state index contributed by atoms with van der Waals surface area (Å²) in [6, 6.07) is 0. The van der Waals surface area contributed by atoms with Crippen molar-refractivity contribution < 1.29 is 4.79 Å². The van der Waals surface area contributed by atoms with Gasteiger partial charge in [-0.05, 0) is 24.5 Å². The van der Waals surface area contributed by atoms with Gasteiger partial charge in [-0.15, -0.1) is 0 Å². The molecule has 94 valence electrons. The number of thioether (sulfide) groups is 1. The standard InChI is InChI=1S/C14H26OS/c1-3-5-8-12(4-2)11-13(15)14-9-6-7-10-16-14/h12,14H,3-11H2,1-2H3. The molecule has 0 aromatic rings. The summed E-state index contributed by atoms with van der Waals surface area (Å²) in [6.45, 7) is 4.45. The van der Waals surface area contributed by atoms with Crippen LogP contribution in [0.1, 0.15) is 65.2 Å². The highest BCUT2D eigenvalue weighted by molar-refractivity contribution is 8.00. The van der Waals surface area contributed by atoms with Crippen LogP contribution in [0.25, 0.3) is 0 Å². The van der Waals surface area contributed by atoms with Gasteiger partial charge < -0.3 is 0 Å². The Balaban J connectivity index is 2.29. The van der Waals surface area contributed by atoms with Crippen molar-refractivity contribution >= 4 is 17.5 Å². The molecule has 1 heterocycles. The van der Waals surface area contributed by atoms with Gasteiger partial charge in [0, 0.05) is 6.42 Å². The van der Waals surface area contributed by atoms with Crippen molar-refractivity contribution in [1.82, 2.24) is 0 Å². The maximum absolute atomic E-state index is 12.1. The van der Waals surface area contributed by atoms with E-state index in [2.05, 4.69) is 13.8 Å². The summed E-state index contributed by atoms with van der Waals surface area (Å²) in [6.07, 6.45) is 9.49. The molecular weight excluding hydrogens is 216 g/mol. The van der Waals surface area contributed by atoms with Crippen molar-refractivity contribution in [1.29, 1.82) is 0 Å². The number of ketones is 1. The van der Waals surface area contributed by atoms with Gasteiger partial charge in [0.25, 0.3) is 0 Å². The minimum absolute atomic E-state index is 0.337. The second-order valence-corrected chi connectivity index (χ2v) is 6.25. The Morgan fingerprint density at radius 2 is 2.19 bits per heavy atom. The van der Waals surface area contributed by atoms with E-state index in [4.69, 9.17) is 0 Å². The second-order valence-electron chi connectivity index (χ2n) is 4.94. The summed E-state index contributed by atoms with van der Waals surface area (Å²) < 4.78 is 0. The molecule has 1 nitrogen and oxygen atoms in total. The van der Waals surface area contributed by atoms with Gasteiger partial charge in [-0.3, -0.25) is 4.79 Å². The van der Waals surface area contributed by atoms with Gasteiger partial charge in [-0.2, -0.15) is 11.8 Å². The van der Waals surface area contributed by atoms with Crippen molar-refractivity contribution in [2.24, 2.45) is 5.92 Å². The first-order valence-electron chi connectivity index (χ1n) is 6.92. The first-order valence-corrected chi connectivity index (χ1v) is 7.97.